The van der Waals surface area contributed by atoms with Crippen molar-refractivity contribution in [3.63, 3.8) is 0 Å². The van der Waals surface area contributed by atoms with Crippen LogP contribution >= 0.6 is 0 Å². The van der Waals surface area contributed by atoms with Gasteiger partial charge in [0.1, 0.15) is 28.8 Å². The van der Waals surface area contributed by atoms with Crippen molar-refractivity contribution >= 4 is 10.0 Å². The Labute approximate surface area is 170 Å². The Morgan fingerprint density at radius 3 is 2.52 bits per heavy atom. The zero-order chi connectivity index (χ0) is 21.0. The van der Waals surface area contributed by atoms with Crippen molar-refractivity contribution in [1.82, 2.24) is 4.31 Å². The van der Waals surface area contributed by atoms with Crippen LogP contribution in [0.2, 0.25) is 0 Å². The number of ether oxygens (including phenoxy) is 1. The van der Waals surface area contributed by atoms with Crippen molar-refractivity contribution in [2.75, 3.05) is 33.3 Å². The molecule has 0 amide bonds. The molecular weight excluding hydrogens is 395 g/mol. The van der Waals surface area contributed by atoms with Crippen LogP contribution in [-0.4, -0.2) is 51.1 Å². The number of hydrogen-bond acceptors (Lipinski definition) is 4. The van der Waals surface area contributed by atoms with E-state index < -0.39 is 15.8 Å². The van der Waals surface area contributed by atoms with Crippen LogP contribution < -0.4 is 9.64 Å². The van der Waals surface area contributed by atoms with Crippen LogP contribution in [-0.2, 0) is 23.0 Å². The standard InChI is InChI=1S/C21H25FN2O4S/c1-3-6-16-13-18(28-2)14-17(21(16)25)15-23-9-11-24(12-10-23)29(26,27)20-8-5-4-7-19(20)22/h3-5,7-8,13-14,25H,1,6,9-12,15H2,2H3/p+1. The highest BCUT2D eigenvalue weighted by Gasteiger charge is 2.32. The van der Waals surface area contributed by atoms with Gasteiger partial charge in [0.15, 0.2) is 0 Å². The average Bonchev–Trinajstić information content (AvgIpc) is 2.71. The summed E-state index contributed by atoms with van der Waals surface area (Å²) in [6, 6.07) is 9.02. The highest BCUT2D eigenvalue weighted by atomic mass is 32.2. The van der Waals surface area contributed by atoms with Crippen molar-refractivity contribution in [3.05, 3.63) is 66.0 Å². The molecule has 2 aromatic carbocycles. The van der Waals surface area contributed by atoms with Crippen LogP contribution in [0, 0.1) is 5.82 Å². The topological polar surface area (TPSA) is 71.3 Å². The van der Waals surface area contributed by atoms with Crippen LogP contribution in [0.15, 0.2) is 53.9 Å². The van der Waals surface area contributed by atoms with E-state index in [1.54, 1.807) is 25.3 Å². The van der Waals surface area contributed by atoms with Crippen molar-refractivity contribution in [2.45, 2.75) is 17.9 Å². The number of benzene rings is 2. The second-order valence-corrected chi connectivity index (χ2v) is 8.95. The van der Waals surface area contributed by atoms with Gasteiger partial charge in [0, 0.05) is 5.56 Å². The highest BCUT2D eigenvalue weighted by Crippen LogP contribution is 2.28. The van der Waals surface area contributed by atoms with E-state index in [1.165, 1.54) is 22.5 Å². The second kappa shape index (κ2) is 8.94. The number of aromatic hydroxyl groups is 1. The molecule has 0 bridgehead atoms. The van der Waals surface area contributed by atoms with Gasteiger partial charge in [-0.3, -0.25) is 0 Å². The first-order valence-electron chi connectivity index (χ1n) is 9.44. The summed E-state index contributed by atoms with van der Waals surface area (Å²) in [7, 11) is -2.28. The number of hydrogen-bond donors (Lipinski definition) is 2. The Kier molecular flexibility index (Phi) is 6.56. The van der Waals surface area contributed by atoms with E-state index in [0.29, 0.717) is 31.8 Å². The Bertz CT molecular complexity index is 986. The lowest BCUT2D eigenvalue weighted by atomic mass is 10.0. The van der Waals surface area contributed by atoms with Crippen molar-refractivity contribution in [3.8, 4) is 11.5 Å². The van der Waals surface area contributed by atoms with Gasteiger partial charge in [0.05, 0.1) is 38.9 Å². The fourth-order valence-electron chi connectivity index (χ4n) is 3.57. The molecular formula is C21H26FN2O4S+. The summed E-state index contributed by atoms with van der Waals surface area (Å²) in [4.78, 5) is 0.848. The minimum absolute atomic E-state index is 0.222. The Hall–Kier alpha value is -2.42. The molecule has 0 unspecified atom stereocenters. The fourth-order valence-corrected chi connectivity index (χ4v) is 5.08. The number of phenolic OH excluding ortho intramolecular Hbond substituents is 1. The van der Waals surface area contributed by atoms with E-state index in [0.717, 1.165) is 22.1 Å². The fraction of sp³-hybridized carbons (Fsp3) is 0.333. The molecule has 0 aromatic heterocycles. The number of piperazine rings is 1. The van der Waals surface area contributed by atoms with E-state index >= 15 is 0 Å². The summed E-state index contributed by atoms with van der Waals surface area (Å²) < 4.78 is 46.1. The predicted octanol–water partition coefficient (Wildman–Crippen LogP) is 1.36. The van der Waals surface area contributed by atoms with E-state index in [9.17, 15) is 17.9 Å². The van der Waals surface area contributed by atoms with Gasteiger partial charge >= 0.3 is 0 Å². The van der Waals surface area contributed by atoms with E-state index in [4.69, 9.17) is 4.74 Å². The van der Waals surface area contributed by atoms with Gasteiger partial charge < -0.3 is 14.7 Å². The van der Waals surface area contributed by atoms with Gasteiger partial charge in [-0.1, -0.05) is 18.2 Å². The third kappa shape index (κ3) is 4.60. The molecule has 1 heterocycles. The summed E-state index contributed by atoms with van der Waals surface area (Å²) >= 11 is 0. The number of halogens is 1. The number of nitrogens with one attached hydrogen (secondary N) is 1. The zero-order valence-electron chi connectivity index (χ0n) is 16.4. The Morgan fingerprint density at radius 2 is 1.90 bits per heavy atom. The molecule has 0 spiro atoms. The van der Waals surface area contributed by atoms with Crippen LogP contribution in [0.1, 0.15) is 11.1 Å². The summed E-state index contributed by atoms with van der Waals surface area (Å²) in [5.41, 5.74) is 1.50. The van der Waals surface area contributed by atoms with Gasteiger partial charge in [0.2, 0.25) is 10.0 Å². The molecule has 6 nitrogen and oxygen atoms in total. The van der Waals surface area contributed by atoms with Crippen molar-refractivity contribution < 1.29 is 27.6 Å². The smallest absolute Gasteiger partial charge is 0.246 e. The number of phenols is 1. The monoisotopic (exact) mass is 421 g/mol. The molecule has 1 aliphatic rings. The molecule has 1 aliphatic heterocycles. The van der Waals surface area contributed by atoms with Crippen LogP contribution in [0.5, 0.6) is 11.5 Å². The maximum Gasteiger partial charge on any atom is 0.246 e. The van der Waals surface area contributed by atoms with Crippen molar-refractivity contribution in [2.24, 2.45) is 0 Å². The first kappa shape index (κ1) is 21.3. The minimum atomic E-state index is -3.86. The van der Waals surface area contributed by atoms with Gasteiger partial charge in [-0.05, 0) is 30.7 Å². The SMILES string of the molecule is C=CCc1cc(OC)cc(C[NH+]2CCN(S(=O)(=O)c3ccccc3F)CC2)c1O. The molecule has 156 valence electrons. The highest BCUT2D eigenvalue weighted by molar-refractivity contribution is 7.89. The molecule has 1 fully saturated rings. The third-order valence-corrected chi connectivity index (χ3v) is 7.10. The normalized spacial score (nSPS) is 15.9. The lowest BCUT2D eigenvalue weighted by Gasteiger charge is -2.31. The summed E-state index contributed by atoms with van der Waals surface area (Å²) in [5, 5.41) is 10.6. The van der Waals surface area contributed by atoms with Gasteiger partial charge in [-0.25, -0.2) is 12.8 Å². The summed E-state index contributed by atoms with van der Waals surface area (Å²) in [5.74, 6) is 0.146. The molecule has 0 aliphatic carbocycles. The first-order chi connectivity index (χ1) is 13.9. The lowest BCUT2D eigenvalue weighted by Crippen LogP contribution is -3.13. The van der Waals surface area contributed by atoms with Crippen LogP contribution in [0.25, 0.3) is 0 Å². The molecule has 29 heavy (non-hydrogen) atoms. The summed E-state index contributed by atoms with van der Waals surface area (Å²) in [6.07, 6.45) is 2.25. The molecule has 0 atom stereocenters. The van der Waals surface area contributed by atoms with Crippen LogP contribution in [0.3, 0.4) is 0 Å². The first-order valence-corrected chi connectivity index (χ1v) is 10.9. The molecule has 2 aromatic rings. The number of nitrogens with zero attached hydrogens (tertiary/aromatic N) is 1. The average molecular weight is 422 g/mol. The molecule has 1 saturated heterocycles. The van der Waals surface area contributed by atoms with E-state index in [1.807, 2.05) is 0 Å². The van der Waals surface area contributed by atoms with Gasteiger partial charge in [-0.15, -0.1) is 6.58 Å². The molecule has 0 saturated carbocycles. The van der Waals surface area contributed by atoms with Gasteiger partial charge in [-0.2, -0.15) is 4.31 Å². The largest absolute Gasteiger partial charge is 0.507 e. The zero-order valence-corrected chi connectivity index (χ0v) is 17.2. The van der Waals surface area contributed by atoms with E-state index in [2.05, 4.69) is 6.58 Å². The minimum Gasteiger partial charge on any atom is -0.507 e. The molecule has 8 heteroatoms. The second-order valence-electron chi connectivity index (χ2n) is 7.05. The molecule has 0 radical (unpaired) electrons. The predicted molar refractivity (Wildman–Crippen MR) is 108 cm³/mol. The third-order valence-electron chi connectivity index (χ3n) is 5.17. The van der Waals surface area contributed by atoms with Gasteiger partial charge in [0.25, 0.3) is 0 Å². The van der Waals surface area contributed by atoms with Crippen LogP contribution in [0.4, 0.5) is 4.39 Å². The number of sulfonamides is 1. The van der Waals surface area contributed by atoms with Crippen molar-refractivity contribution in [1.29, 1.82) is 0 Å². The summed E-state index contributed by atoms with van der Waals surface area (Å²) in [6.45, 7) is 5.95. The molecule has 3 rings (SSSR count). The lowest BCUT2D eigenvalue weighted by molar-refractivity contribution is -0.917. The molecule has 2 N–H and O–H groups in total. The number of methoxy groups -OCH3 is 1. The Morgan fingerprint density at radius 1 is 1.24 bits per heavy atom. The maximum atomic E-state index is 14.0. The maximum absolute atomic E-state index is 14.0. The number of rotatable bonds is 7. The quantitative estimate of drug-likeness (QED) is 0.663. The number of quaternary nitrogens is 1. The number of allylic oxidation sites excluding steroid dienone is 1. The van der Waals surface area contributed by atoms with E-state index in [-0.39, 0.29) is 23.7 Å². The Balaban J connectivity index is 1.71.